The van der Waals surface area contributed by atoms with Crippen molar-refractivity contribution in [2.75, 3.05) is 0 Å². The van der Waals surface area contributed by atoms with E-state index in [0.717, 1.165) is 41.3 Å². The zero-order valence-electron chi connectivity index (χ0n) is 19.9. The van der Waals surface area contributed by atoms with Crippen molar-refractivity contribution in [3.8, 4) is 0 Å². The first-order valence-corrected chi connectivity index (χ1v) is 13.4. The molecule has 0 heterocycles. The summed E-state index contributed by atoms with van der Waals surface area (Å²) < 4.78 is 15.5. The van der Waals surface area contributed by atoms with Crippen LogP contribution in [0.5, 0.6) is 0 Å². The van der Waals surface area contributed by atoms with Crippen LogP contribution in [-0.4, -0.2) is 28.8 Å². The number of halogens is 3. The van der Waals surface area contributed by atoms with Gasteiger partial charge in [-0.1, -0.05) is 88.9 Å². The van der Waals surface area contributed by atoms with Crippen LogP contribution in [0.4, 0.5) is 4.39 Å². The van der Waals surface area contributed by atoms with E-state index in [2.05, 4.69) is 21.2 Å². The van der Waals surface area contributed by atoms with Gasteiger partial charge in [-0.3, -0.25) is 9.59 Å². The van der Waals surface area contributed by atoms with Crippen molar-refractivity contribution in [1.82, 2.24) is 10.2 Å². The highest BCUT2D eigenvalue weighted by atomic mass is 79.9. The van der Waals surface area contributed by atoms with Crippen molar-refractivity contribution in [3.63, 3.8) is 0 Å². The summed E-state index contributed by atoms with van der Waals surface area (Å²) in [6.07, 6.45) is 4.17. The molecule has 1 saturated carbocycles. The molecule has 1 N–H and O–H groups in total. The Morgan fingerprint density at radius 1 is 0.972 bits per heavy atom. The second kappa shape index (κ2) is 12.5. The number of carbonyl (C=O) groups excluding carboxylic acids is 2. The summed E-state index contributed by atoms with van der Waals surface area (Å²) in [6, 6.07) is 21.0. The van der Waals surface area contributed by atoms with E-state index in [9.17, 15) is 14.0 Å². The number of hydrogen-bond acceptors (Lipinski definition) is 2. The second-order valence-electron chi connectivity index (χ2n) is 9.22. The number of carbonyl (C=O) groups is 2. The van der Waals surface area contributed by atoms with Crippen LogP contribution >= 0.6 is 27.5 Å². The van der Waals surface area contributed by atoms with Crippen LogP contribution in [0, 0.1) is 5.82 Å². The van der Waals surface area contributed by atoms with Crippen LogP contribution in [0.2, 0.25) is 5.02 Å². The van der Waals surface area contributed by atoms with Gasteiger partial charge in [-0.05, 0) is 48.2 Å². The van der Waals surface area contributed by atoms with Gasteiger partial charge in [0.2, 0.25) is 11.8 Å². The smallest absolute Gasteiger partial charge is 0.243 e. The van der Waals surface area contributed by atoms with E-state index in [1.807, 2.05) is 54.6 Å². The molecule has 0 bridgehead atoms. The molecule has 0 aromatic heterocycles. The molecule has 1 fully saturated rings. The van der Waals surface area contributed by atoms with Crippen molar-refractivity contribution in [3.05, 3.63) is 105 Å². The maximum atomic E-state index is 14.6. The SMILES string of the molecule is O=C(NC1CCCC1)[C@H](Cc1ccccc1)N(Cc1ccc(Br)cc1)C(=O)Cc1c(F)cccc1Cl. The molecule has 0 unspecified atom stereocenters. The molecule has 0 saturated heterocycles. The van der Waals surface area contributed by atoms with Gasteiger partial charge in [0.25, 0.3) is 0 Å². The van der Waals surface area contributed by atoms with E-state index >= 15 is 0 Å². The van der Waals surface area contributed by atoms with Gasteiger partial charge in [-0.2, -0.15) is 0 Å². The van der Waals surface area contributed by atoms with Crippen LogP contribution in [0.25, 0.3) is 0 Å². The third kappa shape index (κ3) is 6.95. The minimum atomic E-state index is -0.755. The number of nitrogens with zero attached hydrogens (tertiary/aromatic N) is 1. The molecule has 1 aliphatic rings. The third-order valence-corrected chi connectivity index (χ3v) is 7.51. The molecule has 7 heteroatoms. The highest BCUT2D eigenvalue weighted by Gasteiger charge is 2.32. The van der Waals surface area contributed by atoms with Crippen molar-refractivity contribution in [1.29, 1.82) is 0 Å². The Morgan fingerprint density at radius 3 is 2.33 bits per heavy atom. The van der Waals surface area contributed by atoms with Crippen molar-refractivity contribution in [2.45, 2.75) is 57.2 Å². The fourth-order valence-electron chi connectivity index (χ4n) is 4.66. The van der Waals surface area contributed by atoms with Crippen LogP contribution in [-0.2, 0) is 29.0 Å². The second-order valence-corrected chi connectivity index (χ2v) is 10.5. The van der Waals surface area contributed by atoms with Crippen molar-refractivity contribution in [2.24, 2.45) is 0 Å². The van der Waals surface area contributed by atoms with Gasteiger partial charge in [0.05, 0.1) is 6.42 Å². The summed E-state index contributed by atoms with van der Waals surface area (Å²) in [7, 11) is 0. The molecular formula is C29H29BrClFN2O2. The van der Waals surface area contributed by atoms with E-state index in [4.69, 9.17) is 11.6 Å². The molecule has 3 aromatic carbocycles. The summed E-state index contributed by atoms with van der Waals surface area (Å²) in [6.45, 7) is 0.216. The molecule has 188 valence electrons. The van der Waals surface area contributed by atoms with Gasteiger partial charge in [-0.25, -0.2) is 4.39 Å². The lowest BCUT2D eigenvalue weighted by atomic mass is 10.0. The lowest BCUT2D eigenvalue weighted by Gasteiger charge is -2.32. The largest absolute Gasteiger partial charge is 0.352 e. The molecule has 36 heavy (non-hydrogen) atoms. The molecule has 4 rings (SSSR count). The Bertz CT molecular complexity index is 1160. The van der Waals surface area contributed by atoms with Crippen LogP contribution < -0.4 is 5.32 Å². The molecule has 0 radical (unpaired) electrons. The Labute approximate surface area is 225 Å². The van der Waals surface area contributed by atoms with Gasteiger partial charge in [0.15, 0.2) is 0 Å². The van der Waals surface area contributed by atoms with Gasteiger partial charge in [0.1, 0.15) is 11.9 Å². The monoisotopic (exact) mass is 570 g/mol. The zero-order valence-corrected chi connectivity index (χ0v) is 22.3. The molecule has 1 aliphatic carbocycles. The Morgan fingerprint density at radius 2 is 1.67 bits per heavy atom. The molecule has 0 spiro atoms. The average Bonchev–Trinajstić information content (AvgIpc) is 3.38. The quantitative estimate of drug-likeness (QED) is 0.319. The predicted octanol–water partition coefficient (Wildman–Crippen LogP) is 6.48. The number of amides is 2. The van der Waals surface area contributed by atoms with Gasteiger partial charge >= 0.3 is 0 Å². The summed E-state index contributed by atoms with van der Waals surface area (Å²) in [5.41, 5.74) is 1.96. The van der Waals surface area contributed by atoms with E-state index in [1.54, 1.807) is 11.0 Å². The molecule has 0 aliphatic heterocycles. The number of hydrogen-bond donors (Lipinski definition) is 1. The highest BCUT2D eigenvalue weighted by Crippen LogP contribution is 2.24. The van der Waals surface area contributed by atoms with E-state index in [0.29, 0.717) is 6.42 Å². The third-order valence-electron chi connectivity index (χ3n) is 6.63. The Kier molecular flexibility index (Phi) is 9.16. The lowest BCUT2D eigenvalue weighted by Crippen LogP contribution is -2.52. The van der Waals surface area contributed by atoms with Crippen molar-refractivity contribution < 1.29 is 14.0 Å². The molecular weight excluding hydrogens is 543 g/mol. The summed E-state index contributed by atoms with van der Waals surface area (Å²) in [5.74, 6) is -1.07. The minimum absolute atomic E-state index is 0.112. The maximum Gasteiger partial charge on any atom is 0.243 e. The van der Waals surface area contributed by atoms with Gasteiger partial charge in [-0.15, -0.1) is 0 Å². The first-order valence-electron chi connectivity index (χ1n) is 12.2. The molecule has 3 aromatic rings. The van der Waals surface area contributed by atoms with Gasteiger partial charge < -0.3 is 10.2 Å². The Balaban J connectivity index is 1.68. The van der Waals surface area contributed by atoms with E-state index < -0.39 is 11.9 Å². The predicted molar refractivity (Wildman–Crippen MR) is 144 cm³/mol. The highest BCUT2D eigenvalue weighted by molar-refractivity contribution is 9.10. The zero-order chi connectivity index (χ0) is 25.5. The summed E-state index contributed by atoms with van der Waals surface area (Å²) in [5, 5.41) is 3.37. The fourth-order valence-corrected chi connectivity index (χ4v) is 5.16. The van der Waals surface area contributed by atoms with E-state index in [-0.39, 0.29) is 41.4 Å². The normalized spacial score (nSPS) is 14.4. The first-order chi connectivity index (χ1) is 17.4. The topological polar surface area (TPSA) is 49.4 Å². The lowest BCUT2D eigenvalue weighted by molar-refractivity contribution is -0.141. The summed E-state index contributed by atoms with van der Waals surface area (Å²) in [4.78, 5) is 29.0. The van der Waals surface area contributed by atoms with Crippen LogP contribution in [0.1, 0.15) is 42.4 Å². The minimum Gasteiger partial charge on any atom is -0.352 e. The molecule has 1 atom stereocenters. The van der Waals surface area contributed by atoms with Crippen LogP contribution in [0.3, 0.4) is 0 Å². The molecule has 4 nitrogen and oxygen atoms in total. The van der Waals surface area contributed by atoms with E-state index in [1.165, 1.54) is 12.1 Å². The Hall–Kier alpha value is -2.70. The van der Waals surface area contributed by atoms with Gasteiger partial charge in [0, 0.05) is 34.1 Å². The fraction of sp³-hybridized carbons (Fsp3) is 0.310. The summed E-state index contributed by atoms with van der Waals surface area (Å²) >= 11 is 9.69. The maximum absolute atomic E-state index is 14.6. The number of rotatable bonds is 9. The number of benzene rings is 3. The standard InChI is InChI=1S/C29H29BrClFN2O2/c30-22-15-13-21(14-16-22)19-34(28(35)18-24-25(31)11-6-12-26(24)32)27(17-20-7-2-1-3-8-20)29(36)33-23-9-4-5-10-23/h1-3,6-8,11-16,23,27H,4-5,9-10,17-19H2,(H,33,36)/t27-/m0/s1. The average molecular weight is 572 g/mol. The first kappa shape index (κ1) is 26.4. The number of nitrogens with one attached hydrogen (secondary N) is 1. The molecule has 2 amide bonds. The van der Waals surface area contributed by atoms with Crippen molar-refractivity contribution >= 4 is 39.3 Å². The van der Waals surface area contributed by atoms with Crippen LogP contribution in [0.15, 0.2) is 77.3 Å².